The summed E-state index contributed by atoms with van der Waals surface area (Å²) < 4.78 is 27.7. The molecule has 0 heterocycles. The molecule has 0 aliphatic heterocycles. The Kier molecular flexibility index (Phi) is 3.81. The van der Waals surface area contributed by atoms with E-state index >= 15 is 0 Å². The van der Waals surface area contributed by atoms with Crippen LogP contribution in [0.2, 0.25) is 0 Å². The van der Waals surface area contributed by atoms with Gasteiger partial charge in [-0.15, -0.1) is 0 Å². The molecular formula is C15H15NO2S. The van der Waals surface area contributed by atoms with E-state index in [0.29, 0.717) is 0 Å². The summed E-state index contributed by atoms with van der Waals surface area (Å²) in [5.74, 6) is 0. The van der Waals surface area contributed by atoms with Crippen LogP contribution >= 0.6 is 0 Å². The molecule has 0 aromatic heterocycles. The van der Waals surface area contributed by atoms with Crippen LogP contribution in [-0.4, -0.2) is 14.6 Å². The Hall–Kier alpha value is -1.94. The van der Waals surface area contributed by atoms with Crippen LogP contribution < -0.4 is 0 Å². The molecule has 0 bridgehead atoms. The molecule has 2 aromatic rings. The molecule has 0 N–H and O–H groups in total. The van der Waals surface area contributed by atoms with E-state index < -0.39 is 10.0 Å². The van der Waals surface area contributed by atoms with Crippen molar-refractivity contribution < 1.29 is 8.42 Å². The minimum absolute atomic E-state index is 0.210. The minimum atomic E-state index is -3.62. The number of rotatable bonds is 3. The smallest absolute Gasteiger partial charge is 0.199 e. The summed E-state index contributed by atoms with van der Waals surface area (Å²) in [6.45, 7) is 3.88. The highest BCUT2D eigenvalue weighted by Gasteiger charge is 2.10. The molecule has 0 radical (unpaired) electrons. The average molecular weight is 273 g/mol. The first kappa shape index (κ1) is 13.5. The van der Waals surface area contributed by atoms with Crippen LogP contribution in [0.3, 0.4) is 0 Å². The maximum absolute atomic E-state index is 12.0. The van der Waals surface area contributed by atoms with E-state index in [0.717, 1.165) is 16.7 Å². The number of aryl methyl sites for hydroxylation is 2. The summed E-state index contributed by atoms with van der Waals surface area (Å²) in [5.41, 5.74) is 2.90. The van der Waals surface area contributed by atoms with E-state index in [9.17, 15) is 8.42 Å². The van der Waals surface area contributed by atoms with Crippen molar-refractivity contribution in [3.8, 4) is 0 Å². The monoisotopic (exact) mass is 273 g/mol. The molecule has 4 heteroatoms. The zero-order chi connectivity index (χ0) is 13.9. The number of nitrogens with zero attached hydrogens (tertiary/aromatic N) is 1. The van der Waals surface area contributed by atoms with Crippen molar-refractivity contribution in [2.75, 3.05) is 0 Å². The van der Waals surface area contributed by atoms with Crippen molar-refractivity contribution in [1.82, 2.24) is 0 Å². The summed E-state index contributed by atoms with van der Waals surface area (Å²) in [7, 11) is -3.62. The van der Waals surface area contributed by atoms with Gasteiger partial charge < -0.3 is 0 Å². The Morgan fingerprint density at radius 2 is 1.32 bits per heavy atom. The minimum Gasteiger partial charge on any atom is -0.199 e. The fourth-order valence-corrected chi connectivity index (χ4v) is 2.42. The topological polar surface area (TPSA) is 46.5 Å². The zero-order valence-electron chi connectivity index (χ0n) is 10.9. The maximum atomic E-state index is 12.0. The molecule has 0 aliphatic rings. The SMILES string of the molecule is Cc1ccc(/C=N\S(=O)(=O)c2ccc(C)cc2)cc1. The van der Waals surface area contributed by atoms with Gasteiger partial charge in [-0.05, 0) is 31.5 Å². The molecule has 0 saturated heterocycles. The lowest BCUT2D eigenvalue weighted by molar-refractivity contribution is 0.598. The molecule has 2 rings (SSSR count). The summed E-state index contributed by atoms with van der Waals surface area (Å²) in [6, 6.07) is 14.2. The third-order valence-corrected chi connectivity index (χ3v) is 3.99. The largest absolute Gasteiger partial charge is 0.282 e. The molecule has 0 aliphatic carbocycles. The summed E-state index contributed by atoms with van der Waals surface area (Å²) in [4.78, 5) is 0.210. The molecule has 0 unspecified atom stereocenters. The quantitative estimate of drug-likeness (QED) is 0.807. The van der Waals surface area contributed by atoms with Crippen molar-refractivity contribution in [2.24, 2.45) is 4.40 Å². The van der Waals surface area contributed by atoms with E-state index in [2.05, 4.69) is 4.40 Å². The van der Waals surface area contributed by atoms with Gasteiger partial charge in [0.15, 0.2) is 0 Å². The fraction of sp³-hybridized carbons (Fsp3) is 0.133. The molecule has 0 atom stereocenters. The lowest BCUT2D eigenvalue weighted by atomic mass is 10.2. The van der Waals surface area contributed by atoms with E-state index in [-0.39, 0.29) is 4.90 Å². The first-order valence-electron chi connectivity index (χ1n) is 5.91. The number of hydrogen-bond acceptors (Lipinski definition) is 2. The second kappa shape index (κ2) is 5.36. The van der Waals surface area contributed by atoms with Crippen LogP contribution in [0.5, 0.6) is 0 Å². The third kappa shape index (κ3) is 3.51. The first-order valence-corrected chi connectivity index (χ1v) is 7.35. The lowest BCUT2D eigenvalue weighted by Crippen LogP contribution is -1.97. The van der Waals surface area contributed by atoms with Crippen LogP contribution in [-0.2, 0) is 10.0 Å². The average Bonchev–Trinajstić information content (AvgIpc) is 2.39. The van der Waals surface area contributed by atoms with Crippen molar-refractivity contribution >= 4 is 16.2 Å². The van der Waals surface area contributed by atoms with Crippen molar-refractivity contribution in [3.63, 3.8) is 0 Å². The predicted octanol–water partition coefficient (Wildman–Crippen LogP) is 3.11. The van der Waals surface area contributed by atoms with Crippen molar-refractivity contribution in [1.29, 1.82) is 0 Å². The lowest BCUT2D eigenvalue weighted by Gasteiger charge is -1.99. The Bertz CT molecular complexity index is 684. The van der Waals surface area contributed by atoms with E-state index in [1.165, 1.54) is 6.21 Å². The van der Waals surface area contributed by atoms with Gasteiger partial charge in [-0.1, -0.05) is 47.5 Å². The van der Waals surface area contributed by atoms with Gasteiger partial charge in [0.25, 0.3) is 10.0 Å². The fourth-order valence-electron chi connectivity index (χ4n) is 1.55. The molecule has 98 valence electrons. The van der Waals surface area contributed by atoms with E-state index in [1.807, 2.05) is 38.1 Å². The highest BCUT2D eigenvalue weighted by molar-refractivity contribution is 7.90. The molecule has 19 heavy (non-hydrogen) atoms. The molecule has 3 nitrogen and oxygen atoms in total. The Morgan fingerprint density at radius 1 is 0.842 bits per heavy atom. The van der Waals surface area contributed by atoms with E-state index in [4.69, 9.17) is 0 Å². The standard InChI is InChI=1S/C15H15NO2S/c1-12-3-7-14(8-4-12)11-16-19(17,18)15-9-5-13(2)6-10-15/h3-11H,1-2H3/b16-11-. The molecule has 2 aromatic carbocycles. The Labute approximate surface area is 113 Å². The highest BCUT2D eigenvalue weighted by Crippen LogP contribution is 2.13. The number of sulfonamides is 1. The number of benzene rings is 2. The Morgan fingerprint density at radius 3 is 1.84 bits per heavy atom. The molecule has 0 saturated carbocycles. The van der Waals surface area contributed by atoms with Gasteiger partial charge in [0.2, 0.25) is 0 Å². The molecule has 0 spiro atoms. The van der Waals surface area contributed by atoms with Crippen molar-refractivity contribution in [3.05, 3.63) is 65.2 Å². The van der Waals surface area contributed by atoms with Crippen molar-refractivity contribution in [2.45, 2.75) is 18.7 Å². The molecule has 0 fully saturated rings. The zero-order valence-corrected chi connectivity index (χ0v) is 11.7. The van der Waals surface area contributed by atoms with Gasteiger partial charge in [-0.25, -0.2) is 0 Å². The van der Waals surface area contributed by atoms with Crippen LogP contribution in [0.4, 0.5) is 0 Å². The van der Waals surface area contributed by atoms with Crippen LogP contribution in [0.25, 0.3) is 0 Å². The number of hydrogen-bond donors (Lipinski definition) is 0. The second-order valence-corrected chi connectivity index (χ2v) is 6.07. The normalized spacial score (nSPS) is 11.9. The van der Waals surface area contributed by atoms with Crippen LogP contribution in [0.1, 0.15) is 16.7 Å². The van der Waals surface area contributed by atoms with Gasteiger partial charge in [0, 0.05) is 6.21 Å². The summed E-state index contributed by atoms with van der Waals surface area (Å²) in [5, 5.41) is 0. The molecular weight excluding hydrogens is 258 g/mol. The summed E-state index contributed by atoms with van der Waals surface area (Å²) in [6.07, 6.45) is 1.37. The Balaban J connectivity index is 2.26. The van der Waals surface area contributed by atoms with Gasteiger partial charge in [-0.3, -0.25) is 0 Å². The van der Waals surface area contributed by atoms with Gasteiger partial charge in [-0.2, -0.15) is 12.8 Å². The highest BCUT2D eigenvalue weighted by atomic mass is 32.2. The summed E-state index contributed by atoms with van der Waals surface area (Å²) >= 11 is 0. The van der Waals surface area contributed by atoms with Crippen LogP contribution in [0.15, 0.2) is 57.8 Å². The second-order valence-electron chi connectivity index (χ2n) is 4.43. The van der Waals surface area contributed by atoms with Crippen LogP contribution in [0, 0.1) is 13.8 Å². The van der Waals surface area contributed by atoms with E-state index in [1.54, 1.807) is 24.3 Å². The third-order valence-electron chi connectivity index (χ3n) is 2.74. The van der Waals surface area contributed by atoms with Gasteiger partial charge >= 0.3 is 0 Å². The molecule has 0 amide bonds. The van der Waals surface area contributed by atoms with Gasteiger partial charge in [0.05, 0.1) is 4.90 Å². The van der Waals surface area contributed by atoms with Gasteiger partial charge in [0.1, 0.15) is 0 Å². The maximum Gasteiger partial charge on any atom is 0.282 e. The predicted molar refractivity (Wildman–Crippen MR) is 77.1 cm³/mol. The first-order chi connectivity index (χ1) is 8.97.